The number of benzene rings is 1. The summed E-state index contributed by atoms with van der Waals surface area (Å²) in [6.07, 6.45) is 1.10. The molecule has 0 spiro atoms. The van der Waals surface area contributed by atoms with E-state index in [2.05, 4.69) is 5.32 Å². The Kier molecular flexibility index (Phi) is 6.66. The molecule has 1 rings (SSSR count). The highest BCUT2D eigenvalue weighted by atomic mass is 32.2. The van der Waals surface area contributed by atoms with Crippen LogP contribution in [-0.2, 0) is 4.79 Å². The van der Waals surface area contributed by atoms with Crippen LogP contribution in [0.15, 0.2) is 18.2 Å². The second-order valence-corrected chi connectivity index (χ2v) is 5.77. The summed E-state index contributed by atoms with van der Waals surface area (Å²) in [7, 11) is 0. The Bertz CT molecular complexity index is 429. The van der Waals surface area contributed by atoms with Crippen molar-refractivity contribution in [1.29, 1.82) is 0 Å². The monoisotopic (exact) mass is 286 g/mol. The number of hydrogen-bond acceptors (Lipinski definition) is 4. The van der Waals surface area contributed by atoms with Crippen LogP contribution in [0.1, 0.15) is 19.8 Å². The first-order chi connectivity index (χ1) is 9.02. The minimum atomic E-state index is -0.494. The maximum atomic E-state index is 12.9. The third-order valence-corrected chi connectivity index (χ3v) is 3.79. The highest BCUT2D eigenvalue weighted by Gasteiger charge is 2.07. The van der Waals surface area contributed by atoms with Gasteiger partial charge in [-0.15, -0.1) is 0 Å². The van der Waals surface area contributed by atoms with Gasteiger partial charge in [0.15, 0.2) is 0 Å². The van der Waals surface area contributed by atoms with Crippen molar-refractivity contribution in [2.75, 3.05) is 23.4 Å². The number of nitrogen functional groups attached to an aromatic ring is 1. The van der Waals surface area contributed by atoms with E-state index in [1.807, 2.05) is 6.92 Å². The minimum absolute atomic E-state index is 0.0174. The molecule has 106 valence electrons. The molecule has 0 aliphatic rings. The minimum Gasteiger partial charge on any atom is -0.396 e. The standard InChI is InChI=1S/C13H19FN2O2S/c1-9(4-6-17)19-7-5-13(18)16-10-2-3-11(14)12(15)8-10/h2-3,8-9,17H,4-7,15H2,1H3,(H,16,18). The van der Waals surface area contributed by atoms with Crippen LogP contribution in [-0.4, -0.2) is 28.6 Å². The second kappa shape index (κ2) is 8.01. The summed E-state index contributed by atoms with van der Waals surface area (Å²) < 4.78 is 12.9. The lowest BCUT2D eigenvalue weighted by atomic mass is 10.2. The molecule has 0 aliphatic heterocycles. The highest BCUT2D eigenvalue weighted by molar-refractivity contribution is 7.99. The fourth-order valence-corrected chi connectivity index (χ4v) is 2.44. The van der Waals surface area contributed by atoms with Crippen LogP contribution in [0.4, 0.5) is 15.8 Å². The molecule has 0 bridgehead atoms. The second-order valence-electron chi connectivity index (χ2n) is 4.23. The van der Waals surface area contributed by atoms with E-state index < -0.39 is 5.82 Å². The molecule has 4 nitrogen and oxygen atoms in total. The number of amides is 1. The summed E-state index contributed by atoms with van der Waals surface area (Å²) in [5.74, 6) is 0.0602. The van der Waals surface area contributed by atoms with Crippen LogP contribution in [0.5, 0.6) is 0 Å². The van der Waals surface area contributed by atoms with Crippen molar-refractivity contribution >= 4 is 29.0 Å². The number of nitrogens with one attached hydrogen (secondary N) is 1. The summed E-state index contributed by atoms with van der Waals surface area (Å²) in [4.78, 5) is 11.6. The molecule has 4 N–H and O–H groups in total. The van der Waals surface area contributed by atoms with E-state index in [0.717, 1.165) is 6.42 Å². The maximum absolute atomic E-state index is 12.9. The molecular formula is C13H19FN2O2S. The number of hydrogen-bond donors (Lipinski definition) is 3. The highest BCUT2D eigenvalue weighted by Crippen LogP contribution is 2.18. The Morgan fingerprint density at radius 2 is 2.32 bits per heavy atom. The van der Waals surface area contributed by atoms with Crippen molar-refractivity contribution in [1.82, 2.24) is 0 Å². The van der Waals surface area contributed by atoms with Crippen LogP contribution in [0.2, 0.25) is 0 Å². The third kappa shape index (κ3) is 5.94. The molecular weight excluding hydrogens is 267 g/mol. The smallest absolute Gasteiger partial charge is 0.225 e. The summed E-state index contributed by atoms with van der Waals surface area (Å²) in [6, 6.07) is 4.10. The number of thioether (sulfide) groups is 1. The first-order valence-electron chi connectivity index (χ1n) is 6.10. The van der Waals surface area contributed by atoms with Crippen molar-refractivity contribution in [2.24, 2.45) is 0 Å². The Labute approximate surface area is 116 Å². The Hall–Kier alpha value is -1.27. The van der Waals surface area contributed by atoms with Crippen LogP contribution in [0.3, 0.4) is 0 Å². The number of nitrogens with two attached hydrogens (primary N) is 1. The number of carbonyl (C=O) groups is 1. The largest absolute Gasteiger partial charge is 0.396 e. The van der Waals surface area contributed by atoms with Gasteiger partial charge in [-0.25, -0.2) is 4.39 Å². The van der Waals surface area contributed by atoms with E-state index in [1.54, 1.807) is 11.8 Å². The SMILES string of the molecule is CC(CCO)SCCC(=O)Nc1ccc(F)c(N)c1. The number of halogens is 1. The molecule has 0 aromatic heterocycles. The topological polar surface area (TPSA) is 75.3 Å². The first-order valence-corrected chi connectivity index (χ1v) is 7.15. The Morgan fingerprint density at radius 1 is 1.58 bits per heavy atom. The van der Waals surface area contributed by atoms with Gasteiger partial charge in [0.2, 0.25) is 5.91 Å². The zero-order valence-corrected chi connectivity index (χ0v) is 11.7. The molecule has 1 unspecified atom stereocenters. The lowest BCUT2D eigenvalue weighted by Crippen LogP contribution is -2.13. The van der Waals surface area contributed by atoms with Gasteiger partial charge in [-0.2, -0.15) is 11.8 Å². The maximum Gasteiger partial charge on any atom is 0.225 e. The molecule has 6 heteroatoms. The van der Waals surface area contributed by atoms with Crippen molar-refractivity contribution in [3.8, 4) is 0 Å². The van der Waals surface area contributed by atoms with Gasteiger partial charge in [-0.1, -0.05) is 6.92 Å². The molecule has 0 aliphatic carbocycles. The molecule has 1 atom stereocenters. The molecule has 0 radical (unpaired) electrons. The lowest BCUT2D eigenvalue weighted by Gasteiger charge is -2.09. The van der Waals surface area contributed by atoms with Gasteiger partial charge in [-0.05, 0) is 24.6 Å². The molecule has 1 aromatic carbocycles. The number of aliphatic hydroxyl groups excluding tert-OH is 1. The summed E-state index contributed by atoms with van der Waals surface area (Å²) in [5, 5.41) is 11.8. The molecule has 0 saturated carbocycles. The summed E-state index contributed by atoms with van der Waals surface area (Å²) in [6.45, 7) is 2.18. The van der Waals surface area contributed by atoms with E-state index in [9.17, 15) is 9.18 Å². The first kappa shape index (κ1) is 15.8. The average Bonchev–Trinajstić information content (AvgIpc) is 2.34. The predicted molar refractivity (Wildman–Crippen MR) is 77.7 cm³/mol. The van der Waals surface area contributed by atoms with Crippen LogP contribution < -0.4 is 11.1 Å². The van der Waals surface area contributed by atoms with Gasteiger partial charge in [0.1, 0.15) is 5.82 Å². The van der Waals surface area contributed by atoms with Gasteiger partial charge in [0.05, 0.1) is 5.69 Å². The molecule has 0 heterocycles. The van der Waals surface area contributed by atoms with Crippen LogP contribution >= 0.6 is 11.8 Å². The van der Waals surface area contributed by atoms with Crippen molar-refractivity contribution in [3.05, 3.63) is 24.0 Å². The summed E-state index contributed by atoms with van der Waals surface area (Å²) >= 11 is 1.64. The molecule has 1 amide bonds. The quantitative estimate of drug-likeness (QED) is 0.672. The van der Waals surface area contributed by atoms with Crippen LogP contribution in [0.25, 0.3) is 0 Å². The molecule has 19 heavy (non-hydrogen) atoms. The fourth-order valence-electron chi connectivity index (χ4n) is 1.46. The van der Waals surface area contributed by atoms with E-state index in [1.165, 1.54) is 18.2 Å². The van der Waals surface area contributed by atoms with Gasteiger partial charge in [-0.3, -0.25) is 4.79 Å². The number of aliphatic hydroxyl groups is 1. The predicted octanol–water partition coefficient (Wildman–Crippen LogP) is 2.24. The molecule has 0 saturated heterocycles. The number of carbonyl (C=O) groups excluding carboxylic acids is 1. The average molecular weight is 286 g/mol. The lowest BCUT2D eigenvalue weighted by molar-refractivity contribution is -0.115. The zero-order chi connectivity index (χ0) is 14.3. The van der Waals surface area contributed by atoms with E-state index in [4.69, 9.17) is 10.8 Å². The molecule has 1 aromatic rings. The number of rotatable bonds is 7. The normalized spacial score (nSPS) is 12.2. The van der Waals surface area contributed by atoms with Crippen molar-refractivity contribution in [2.45, 2.75) is 25.0 Å². The van der Waals surface area contributed by atoms with Gasteiger partial charge >= 0.3 is 0 Å². The van der Waals surface area contributed by atoms with Crippen molar-refractivity contribution in [3.63, 3.8) is 0 Å². The number of anilines is 2. The van der Waals surface area contributed by atoms with Gasteiger partial charge in [0, 0.05) is 29.7 Å². The van der Waals surface area contributed by atoms with E-state index >= 15 is 0 Å². The molecule has 0 fully saturated rings. The van der Waals surface area contributed by atoms with Gasteiger partial charge in [0.25, 0.3) is 0 Å². The Morgan fingerprint density at radius 3 is 2.95 bits per heavy atom. The fraction of sp³-hybridized carbons (Fsp3) is 0.462. The van der Waals surface area contributed by atoms with E-state index in [0.29, 0.717) is 23.1 Å². The van der Waals surface area contributed by atoms with Crippen molar-refractivity contribution < 1.29 is 14.3 Å². The van der Waals surface area contributed by atoms with Gasteiger partial charge < -0.3 is 16.2 Å². The summed E-state index contributed by atoms with van der Waals surface area (Å²) in [5.41, 5.74) is 5.93. The van der Waals surface area contributed by atoms with Crippen LogP contribution in [0, 0.1) is 5.82 Å². The van der Waals surface area contributed by atoms with E-state index in [-0.39, 0.29) is 18.2 Å². The zero-order valence-electron chi connectivity index (χ0n) is 10.9. The third-order valence-electron chi connectivity index (χ3n) is 2.55. The Balaban J connectivity index is 2.33.